The van der Waals surface area contributed by atoms with Gasteiger partial charge in [-0.3, -0.25) is 4.79 Å². The average Bonchev–Trinajstić information content (AvgIpc) is 2.88. The molecule has 0 atom stereocenters. The van der Waals surface area contributed by atoms with Gasteiger partial charge in [0.25, 0.3) is 0 Å². The van der Waals surface area contributed by atoms with Crippen molar-refractivity contribution in [1.82, 2.24) is 4.98 Å². The normalized spacial score (nSPS) is 9.85. The number of nitrogens with one attached hydrogen (secondary N) is 1. The largest absolute Gasteiger partial charge is 0.469 e. The number of methoxy groups -OCH3 is 1. The van der Waals surface area contributed by atoms with Crippen LogP contribution in [0.4, 0.5) is 15.2 Å². The van der Waals surface area contributed by atoms with E-state index in [1.807, 2.05) is 6.07 Å². The first kappa shape index (κ1) is 14.0. The highest BCUT2D eigenvalue weighted by atomic mass is 32.1. The fourth-order valence-corrected chi connectivity index (χ4v) is 2.19. The minimum atomic E-state index is -0.534. The molecule has 1 aromatic heterocycles. The Morgan fingerprint density at radius 2 is 2.40 bits per heavy atom. The van der Waals surface area contributed by atoms with Crippen molar-refractivity contribution in [1.29, 1.82) is 5.26 Å². The van der Waals surface area contributed by atoms with E-state index in [1.165, 1.54) is 30.6 Å². The van der Waals surface area contributed by atoms with Crippen molar-refractivity contribution >= 4 is 28.1 Å². The first-order chi connectivity index (χ1) is 9.62. The summed E-state index contributed by atoms with van der Waals surface area (Å²) in [7, 11) is 1.31. The highest BCUT2D eigenvalue weighted by Gasteiger charge is 2.09. The molecule has 1 N–H and O–H groups in total. The second-order valence-electron chi connectivity index (χ2n) is 3.83. The molecule has 0 aliphatic heterocycles. The van der Waals surface area contributed by atoms with E-state index in [2.05, 4.69) is 15.0 Å². The topological polar surface area (TPSA) is 75.0 Å². The van der Waals surface area contributed by atoms with Crippen LogP contribution in [0.5, 0.6) is 0 Å². The van der Waals surface area contributed by atoms with E-state index in [0.717, 1.165) is 6.07 Å². The number of hydrogen-bond acceptors (Lipinski definition) is 6. The molecule has 0 aliphatic rings. The SMILES string of the molecule is COC(=O)Cc1csc(Nc2ccc(C#N)cc2F)n1. The van der Waals surface area contributed by atoms with Crippen LogP contribution in [0.1, 0.15) is 11.3 Å². The third-order valence-electron chi connectivity index (χ3n) is 2.44. The zero-order valence-corrected chi connectivity index (χ0v) is 11.3. The van der Waals surface area contributed by atoms with Crippen LogP contribution in [0.3, 0.4) is 0 Å². The Bertz CT molecular complexity index is 678. The highest BCUT2D eigenvalue weighted by Crippen LogP contribution is 2.24. The lowest BCUT2D eigenvalue weighted by molar-refractivity contribution is -0.139. The lowest BCUT2D eigenvalue weighted by atomic mass is 10.2. The molecular formula is C13H10FN3O2S. The van der Waals surface area contributed by atoms with Crippen molar-refractivity contribution in [2.75, 3.05) is 12.4 Å². The monoisotopic (exact) mass is 291 g/mol. The molecular weight excluding hydrogens is 281 g/mol. The number of nitrogens with zero attached hydrogens (tertiary/aromatic N) is 2. The molecule has 0 aliphatic carbocycles. The summed E-state index contributed by atoms with van der Waals surface area (Å²) in [6.45, 7) is 0. The quantitative estimate of drug-likeness (QED) is 0.876. The van der Waals surface area contributed by atoms with Crippen molar-refractivity contribution in [2.24, 2.45) is 0 Å². The van der Waals surface area contributed by atoms with Crippen LogP contribution < -0.4 is 5.32 Å². The number of esters is 1. The Kier molecular flexibility index (Phi) is 4.27. The number of aromatic nitrogens is 1. The number of ether oxygens (including phenoxy) is 1. The second-order valence-corrected chi connectivity index (χ2v) is 4.69. The molecule has 0 spiro atoms. The van der Waals surface area contributed by atoms with Gasteiger partial charge in [0.2, 0.25) is 0 Å². The predicted molar refractivity (Wildman–Crippen MR) is 72.2 cm³/mol. The summed E-state index contributed by atoms with van der Waals surface area (Å²) in [5.74, 6) is -0.917. The molecule has 20 heavy (non-hydrogen) atoms. The molecule has 1 heterocycles. The average molecular weight is 291 g/mol. The molecule has 102 valence electrons. The minimum absolute atomic E-state index is 0.0739. The van der Waals surface area contributed by atoms with Crippen molar-refractivity contribution in [3.05, 3.63) is 40.7 Å². The van der Waals surface area contributed by atoms with Crippen molar-refractivity contribution < 1.29 is 13.9 Å². The van der Waals surface area contributed by atoms with Gasteiger partial charge in [0.05, 0.1) is 36.5 Å². The van der Waals surface area contributed by atoms with Gasteiger partial charge in [-0.05, 0) is 18.2 Å². The van der Waals surface area contributed by atoms with Gasteiger partial charge in [0.15, 0.2) is 5.13 Å². The number of carbonyl (C=O) groups excluding carboxylic acids is 1. The maximum Gasteiger partial charge on any atom is 0.311 e. The maximum atomic E-state index is 13.7. The number of nitriles is 1. The van der Waals surface area contributed by atoms with Gasteiger partial charge in [-0.2, -0.15) is 5.26 Å². The summed E-state index contributed by atoms with van der Waals surface area (Å²) < 4.78 is 18.2. The Balaban J connectivity index is 2.11. The standard InChI is InChI=1S/C13H10FN3O2S/c1-19-12(18)5-9-7-20-13(16-9)17-11-3-2-8(6-15)4-10(11)14/h2-4,7H,5H2,1H3,(H,16,17). The number of anilines is 2. The summed E-state index contributed by atoms with van der Waals surface area (Å²) in [4.78, 5) is 15.3. The van der Waals surface area contributed by atoms with E-state index in [0.29, 0.717) is 10.8 Å². The molecule has 2 rings (SSSR count). The summed E-state index contributed by atoms with van der Waals surface area (Å²) in [6, 6.07) is 5.98. The van der Waals surface area contributed by atoms with Crippen LogP contribution in [0.15, 0.2) is 23.6 Å². The predicted octanol–water partition coefficient (Wildman–Crippen LogP) is 2.61. The fourth-order valence-electron chi connectivity index (χ4n) is 1.47. The lowest BCUT2D eigenvalue weighted by Crippen LogP contribution is -2.04. The highest BCUT2D eigenvalue weighted by molar-refractivity contribution is 7.13. The number of hydrogen-bond donors (Lipinski definition) is 1. The molecule has 7 heteroatoms. The van der Waals surface area contributed by atoms with Gasteiger partial charge >= 0.3 is 5.97 Å². The van der Waals surface area contributed by atoms with Gasteiger partial charge in [-0.25, -0.2) is 9.37 Å². The lowest BCUT2D eigenvalue weighted by Gasteiger charge is -2.03. The number of halogens is 1. The van der Waals surface area contributed by atoms with Crippen molar-refractivity contribution in [2.45, 2.75) is 6.42 Å². The maximum absolute atomic E-state index is 13.7. The van der Waals surface area contributed by atoms with Gasteiger partial charge in [-0.1, -0.05) is 0 Å². The molecule has 0 radical (unpaired) electrons. The second kappa shape index (κ2) is 6.12. The molecule has 0 bridgehead atoms. The number of rotatable bonds is 4. The Hall–Kier alpha value is -2.46. The summed E-state index contributed by atoms with van der Waals surface area (Å²) >= 11 is 1.25. The molecule has 0 unspecified atom stereocenters. The number of carbonyl (C=O) groups is 1. The first-order valence-electron chi connectivity index (χ1n) is 5.60. The third-order valence-corrected chi connectivity index (χ3v) is 3.25. The Labute approximate surface area is 118 Å². The smallest absolute Gasteiger partial charge is 0.311 e. The van der Waals surface area contributed by atoms with Crippen LogP contribution in [0.25, 0.3) is 0 Å². The fraction of sp³-hybridized carbons (Fsp3) is 0.154. The van der Waals surface area contributed by atoms with Gasteiger partial charge in [0.1, 0.15) is 5.82 Å². The molecule has 0 amide bonds. The number of thiazole rings is 1. The van der Waals surface area contributed by atoms with E-state index >= 15 is 0 Å². The van der Waals surface area contributed by atoms with Crippen molar-refractivity contribution in [3.8, 4) is 6.07 Å². The van der Waals surface area contributed by atoms with Crippen LogP contribution in [0.2, 0.25) is 0 Å². The summed E-state index contributed by atoms with van der Waals surface area (Å²) in [5, 5.41) is 13.6. The van der Waals surface area contributed by atoms with E-state index in [4.69, 9.17) is 5.26 Å². The molecule has 1 aromatic carbocycles. The van der Waals surface area contributed by atoms with Crippen molar-refractivity contribution in [3.63, 3.8) is 0 Å². The Morgan fingerprint density at radius 1 is 1.60 bits per heavy atom. The first-order valence-corrected chi connectivity index (χ1v) is 6.48. The Morgan fingerprint density at radius 3 is 3.05 bits per heavy atom. The number of benzene rings is 1. The third kappa shape index (κ3) is 3.30. The van der Waals surface area contributed by atoms with Gasteiger partial charge in [-0.15, -0.1) is 11.3 Å². The van der Waals surface area contributed by atoms with E-state index in [1.54, 1.807) is 5.38 Å². The molecule has 0 saturated heterocycles. The minimum Gasteiger partial charge on any atom is -0.469 e. The van der Waals surface area contributed by atoms with Crippen LogP contribution in [-0.4, -0.2) is 18.1 Å². The summed E-state index contributed by atoms with van der Waals surface area (Å²) in [6.07, 6.45) is 0.0739. The van der Waals surface area contributed by atoms with E-state index in [-0.39, 0.29) is 23.6 Å². The van der Waals surface area contributed by atoms with Gasteiger partial charge < -0.3 is 10.1 Å². The van der Waals surface area contributed by atoms with Gasteiger partial charge in [0, 0.05) is 5.38 Å². The molecule has 0 saturated carbocycles. The molecule has 5 nitrogen and oxygen atoms in total. The van der Waals surface area contributed by atoms with Crippen LogP contribution in [-0.2, 0) is 16.0 Å². The van der Waals surface area contributed by atoms with Crippen LogP contribution in [0, 0.1) is 17.1 Å². The van der Waals surface area contributed by atoms with Crippen LogP contribution >= 0.6 is 11.3 Å². The zero-order chi connectivity index (χ0) is 14.5. The van der Waals surface area contributed by atoms with E-state index in [9.17, 15) is 9.18 Å². The molecule has 2 aromatic rings. The van der Waals surface area contributed by atoms with E-state index < -0.39 is 5.82 Å². The summed E-state index contributed by atoms with van der Waals surface area (Å²) in [5.41, 5.74) is 1.03. The zero-order valence-electron chi connectivity index (χ0n) is 10.5. The molecule has 0 fully saturated rings.